The van der Waals surface area contributed by atoms with Crippen LogP contribution >= 0.6 is 0 Å². The third-order valence-corrected chi connectivity index (χ3v) is 5.54. The fraction of sp³-hybridized carbons (Fsp3) is 0.136. The summed E-state index contributed by atoms with van der Waals surface area (Å²) in [6.45, 7) is 0. The van der Waals surface area contributed by atoms with Crippen molar-refractivity contribution in [3.63, 3.8) is 0 Å². The van der Waals surface area contributed by atoms with Crippen LogP contribution in [0.2, 0.25) is 0 Å². The summed E-state index contributed by atoms with van der Waals surface area (Å²) in [5.74, 6) is 0.291. The fourth-order valence-electron chi connectivity index (χ4n) is 4.75. The van der Waals surface area contributed by atoms with Gasteiger partial charge in [-0.05, 0) is 33.4 Å². The molecular weight excluding hydrogens is 278 g/mol. The van der Waals surface area contributed by atoms with Crippen LogP contribution in [0.25, 0.3) is 0 Å². The third-order valence-electron chi connectivity index (χ3n) is 5.54. The van der Waals surface area contributed by atoms with Crippen LogP contribution < -0.4 is 0 Å². The minimum atomic E-state index is -0.326. The van der Waals surface area contributed by atoms with Crippen LogP contribution in [0.3, 0.4) is 0 Å². The molecule has 108 valence electrons. The molecule has 0 radical (unpaired) electrons. The number of hydrogen-bond donors (Lipinski definition) is 0. The Morgan fingerprint density at radius 3 is 1.48 bits per heavy atom. The van der Waals surface area contributed by atoms with Crippen molar-refractivity contribution >= 4 is 0 Å². The molecule has 3 aromatic rings. The maximum absolute atomic E-state index is 9.66. The maximum Gasteiger partial charge on any atom is 0.0638 e. The van der Waals surface area contributed by atoms with Gasteiger partial charge in [-0.1, -0.05) is 72.8 Å². The summed E-state index contributed by atoms with van der Waals surface area (Å²) in [6.07, 6.45) is 0.477. The lowest BCUT2D eigenvalue weighted by Gasteiger charge is -2.49. The lowest BCUT2D eigenvalue weighted by Crippen LogP contribution is -2.41. The van der Waals surface area contributed by atoms with Gasteiger partial charge in [0.25, 0.3) is 0 Å². The van der Waals surface area contributed by atoms with Gasteiger partial charge in [-0.15, -0.1) is 0 Å². The summed E-state index contributed by atoms with van der Waals surface area (Å²) < 4.78 is 0. The molecule has 0 heterocycles. The maximum atomic E-state index is 9.66. The molecular formula is C22H15N. The van der Waals surface area contributed by atoms with E-state index in [2.05, 4.69) is 78.9 Å². The van der Waals surface area contributed by atoms with E-state index in [9.17, 15) is 5.26 Å². The number of rotatable bonds is 1. The van der Waals surface area contributed by atoms with Gasteiger partial charge in [-0.3, -0.25) is 0 Å². The molecule has 0 aliphatic heterocycles. The molecule has 0 fully saturated rings. The van der Waals surface area contributed by atoms with Crippen molar-refractivity contribution < 1.29 is 0 Å². The van der Waals surface area contributed by atoms with Gasteiger partial charge in [-0.2, -0.15) is 5.26 Å². The fourth-order valence-corrected chi connectivity index (χ4v) is 4.75. The summed E-state index contributed by atoms with van der Waals surface area (Å²) >= 11 is 0. The van der Waals surface area contributed by atoms with Crippen molar-refractivity contribution in [1.29, 1.82) is 5.26 Å². The van der Waals surface area contributed by atoms with Crippen LogP contribution in [0.4, 0.5) is 0 Å². The second-order valence-corrected chi connectivity index (χ2v) is 6.43. The van der Waals surface area contributed by atoms with Gasteiger partial charge in [0, 0.05) is 5.92 Å². The zero-order valence-electron chi connectivity index (χ0n) is 12.7. The van der Waals surface area contributed by atoms with Crippen LogP contribution in [0.5, 0.6) is 0 Å². The number of nitrogens with zero attached hydrogens (tertiary/aromatic N) is 1. The molecule has 0 aromatic heterocycles. The minimum Gasteiger partial charge on any atom is -0.198 e. The molecule has 1 nitrogen and oxygen atoms in total. The largest absolute Gasteiger partial charge is 0.198 e. The van der Waals surface area contributed by atoms with Crippen LogP contribution in [-0.4, -0.2) is 0 Å². The lowest BCUT2D eigenvalue weighted by atomic mass is 9.52. The van der Waals surface area contributed by atoms with Crippen molar-refractivity contribution in [3.8, 4) is 6.07 Å². The average Bonchev–Trinajstić information content (AvgIpc) is 2.62. The summed E-state index contributed by atoms with van der Waals surface area (Å²) in [7, 11) is 0. The molecule has 0 amide bonds. The van der Waals surface area contributed by atoms with Crippen molar-refractivity contribution in [2.75, 3.05) is 0 Å². The summed E-state index contributed by atoms with van der Waals surface area (Å²) in [4.78, 5) is 0. The number of hydrogen-bond acceptors (Lipinski definition) is 1. The smallest absolute Gasteiger partial charge is 0.0638 e. The van der Waals surface area contributed by atoms with E-state index in [0.29, 0.717) is 12.3 Å². The summed E-state index contributed by atoms with van der Waals surface area (Å²) in [5, 5.41) is 9.66. The molecule has 0 atom stereocenters. The number of benzene rings is 3. The Morgan fingerprint density at radius 1 is 0.696 bits per heavy atom. The first-order valence-corrected chi connectivity index (χ1v) is 8.03. The van der Waals surface area contributed by atoms with E-state index in [-0.39, 0.29) is 5.41 Å². The minimum absolute atomic E-state index is 0.291. The molecule has 23 heavy (non-hydrogen) atoms. The van der Waals surface area contributed by atoms with Gasteiger partial charge < -0.3 is 0 Å². The van der Waals surface area contributed by atoms with Gasteiger partial charge >= 0.3 is 0 Å². The first kappa shape index (κ1) is 12.7. The zero-order valence-corrected chi connectivity index (χ0v) is 12.7. The van der Waals surface area contributed by atoms with Gasteiger partial charge in [0.2, 0.25) is 0 Å². The predicted octanol–water partition coefficient (Wildman–Crippen LogP) is 4.74. The lowest BCUT2D eigenvalue weighted by molar-refractivity contribution is 0.555. The molecule has 0 spiro atoms. The monoisotopic (exact) mass is 293 g/mol. The van der Waals surface area contributed by atoms with Crippen molar-refractivity contribution in [2.24, 2.45) is 0 Å². The van der Waals surface area contributed by atoms with E-state index in [1.54, 1.807) is 0 Å². The predicted molar refractivity (Wildman–Crippen MR) is 90.4 cm³/mol. The molecule has 1 heteroatoms. The second-order valence-electron chi connectivity index (χ2n) is 6.43. The molecule has 6 rings (SSSR count). The first-order chi connectivity index (χ1) is 11.4. The van der Waals surface area contributed by atoms with E-state index in [1.807, 2.05) is 0 Å². The molecule has 2 bridgehead atoms. The Labute approximate surface area is 135 Å². The molecule has 0 saturated carbocycles. The van der Waals surface area contributed by atoms with Crippen LogP contribution in [-0.2, 0) is 5.41 Å². The van der Waals surface area contributed by atoms with E-state index >= 15 is 0 Å². The summed E-state index contributed by atoms with van der Waals surface area (Å²) in [5.41, 5.74) is 7.69. The molecule has 0 saturated heterocycles. The quantitative estimate of drug-likeness (QED) is 0.635. The van der Waals surface area contributed by atoms with E-state index < -0.39 is 0 Å². The van der Waals surface area contributed by atoms with Gasteiger partial charge in [0.1, 0.15) is 0 Å². The third kappa shape index (κ3) is 1.37. The Balaban J connectivity index is 2.00. The second kappa shape index (κ2) is 4.33. The highest BCUT2D eigenvalue weighted by atomic mass is 14.5. The highest BCUT2D eigenvalue weighted by Gasteiger charge is 2.51. The SMILES string of the molecule is N#CCC12c3ccccc3C(c3ccccc31)c1ccccc12. The molecule has 0 N–H and O–H groups in total. The Morgan fingerprint density at radius 2 is 1.09 bits per heavy atom. The topological polar surface area (TPSA) is 23.8 Å². The highest BCUT2D eigenvalue weighted by molar-refractivity contribution is 5.72. The number of nitriles is 1. The van der Waals surface area contributed by atoms with Gasteiger partial charge in [0.15, 0.2) is 0 Å². The Hall–Kier alpha value is -2.85. The van der Waals surface area contributed by atoms with E-state index in [0.717, 1.165) is 0 Å². The Bertz CT molecular complexity index is 861. The van der Waals surface area contributed by atoms with E-state index in [4.69, 9.17) is 0 Å². The normalized spacial score (nSPS) is 22.7. The van der Waals surface area contributed by atoms with Crippen molar-refractivity contribution in [3.05, 3.63) is 106 Å². The Kier molecular flexibility index (Phi) is 2.39. The van der Waals surface area contributed by atoms with E-state index in [1.165, 1.54) is 33.4 Å². The van der Waals surface area contributed by atoms with Crippen molar-refractivity contribution in [1.82, 2.24) is 0 Å². The van der Waals surface area contributed by atoms with Crippen molar-refractivity contribution in [2.45, 2.75) is 17.8 Å². The van der Waals surface area contributed by atoms with Gasteiger partial charge in [-0.25, -0.2) is 0 Å². The average molecular weight is 293 g/mol. The van der Waals surface area contributed by atoms with Crippen LogP contribution in [0.1, 0.15) is 45.7 Å². The molecule has 3 aliphatic rings. The van der Waals surface area contributed by atoms with Gasteiger partial charge in [0.05, 0.1) is 17.9 Å². The molecule has 3 aromatic carbocycles. The molecule has 3 aliphatic carbocycles. The first-order valence-electron chi connectivity index (χ1n) is 8.03. The zero-order chi connectivity index (χ0) is 15.4. The molecule has 0 unspecified atom stereocenters. The van der Waals surface area contributed by atoms with Crippen LogP contribution in [0, 0.1) is 11.3 Å². The standard InChI is InChI=1S/C22H15N/c23-14-13-22-18-10-4-1-7-15(18)21(16-8-2-5-11-19(16)22)17-9-3-6-12-20(17)22/h1-12,21H,13H2. The summed E-state index contributed by atoms with van der Waals surface area (Å²) in [6, 6.07) is 28.5. The van der Waals surface area contributed by atoms with Crippen LogP contribution in [0.15, 0.2) is 72.8 Å². The highest BCUT2D eigenvalue weighted by Crippen LogP contribution is 2.59.